The van der Waals surface area contributed by atoms with Crippen LogP contribution in [0.5, 0.6) is 23.0 Å². The fraction of sp³-hybridized carbons (Fsp3) is 0.0769. The third kappa shape index (κ3) is 5.96. The molecular formula is C52H39NO4. The quantitative estimate of drug-likeness (QED) is 0.165. The van der Waals surface area contributed by atoms with E-state index in [9.17, 15) is 0 Å². The SMILES string of the molecule is C=C/C=C\C1=C(C)Oc2cc(-c3cc4c(cc3Nc3cc(-c5ccccc5)cc(-c5cccc6c5oc5ccccc56)c3)C(C)(C)c3ccccc3O4)ccc2O1. The summed E-state index contributed by atoms with van der Waals surface area (Å²) in [5, 5.41) is 6.11. The molecule has 8 aromatic rings. The molecule has 0 saturated carbocycles. The summed E-state index contributed by atoms with van der Waals surface area (Å²) in [6.45, 7) is 10.2. The van der Waals surface area contributed by atoms with E-state index in [0.717, 1.165) is 89.3 Å². The minimum Gasteiger partial charge on any atom is -0.457 e. The molecule has 1 aromatic heterocycles. The van der Waals surface area contributed by atoms with Crippen LogP contribution >= 0.6 is 0 Å². The van der Waals surface area contributed by atoms with Gasteiger partial charge in [0.1, 0.15) is 28.4 Å². The summed E-state index contributed by atoms with van der Waals surface area (Å²) in [5.41, 5.74) is 11.7. The van der Waals surface area contributed by atoms with Crippen molar-refractivity contribution < 1.29 is 18.6 Å². The molecule has 0 spiro atoms. The zero-order chi connectivity index (χ0) is 38.7. The Balaban J connectivity index is 1.15. The van der Waals surface area contributed by atoms with Crippen molar-refractivity contribution >= 4 is 33.3 Å². The number of fused-ring (bicyclic) bond motifs is 6. The average molecular weight is 742 g/mol. The van der Waals surface area contributed by atoms with Gasteiger partial charge in [0.2, 0.25) is 0 Å². The van der Waals surface area contributed by atoms with Gasteiger partial charge in [0.15, 0.2) is 17.3 Å². The first-order valence-electron chi connectivity index (χ1n) is 19.2. The maximum absolute atomic E-state index is 6.66. The second-order valence-electron chi connectivity index (χ2n) is 15.1. The van der Waals surface area contributed by atoms with Gasteiger partial charge in [-0.1, -0.05) is 124 Å². The molecule has 2 aliphatic rings. The molecular weight excluding hydrogens is 703 g/mol. The number of benzene rings is 7. The normalized spacial score (nSPS) is 14.0. The van der Waals surface area contributed by atoms with Gasteiger partial charge in [-0.15, -0.1) is 0 Å². The molecule has 0 bridgehead atoms. The second kappa shape index (κ2) is 13.5. The van der Waals surface area contributed by atoms with E-state index in [0.29, 0.717) is 23.0 Å². The van der Waals surface area contributed by atoms with E-state index in [-0.39, 0.29) is 5.41 Å². The third-order valence-electron chi connectivity index (χ3n) is 11.1. The number of rotatable bonds is 7. The van der Waals surface area contributed by atoms with E-state index >= 15 is 0 Å². The summed E-state index contributed by atoms with van der Waals surface area (Å²) in [4.78, 5) is 0. The fourth-order valence-corrected chi connectivity index (χ4v) is 8.17. The average Bonchev–Trinajstić information content (AvgIpc) is 3.62. The zero-order valence-corrected chi connectivity index (χ0v) is 31.9. The second-order valence-corrected chi connectivity index (χ2v) is 15.1. The molecule has 0 saturated heterocycles. The molecule has 0 radical (unpaired) electrons. The Morgan fingerprint density at radius 1 is 0.561 bits per heavy atom. The molecule has 5 heteroatoms. The van der Waals surface area contributed by atoms with Gasteiger partial charge >= 0.3 is 0 Å². The standard InChI is InChI=1S/C52H39NO4/c1-5-6-21-45-32(2)54-50-29-34(24-25-48(50)55-45)41-30-49-43(52(3,4)42-20-11-13-23-47(42)56-49)31-44(41)53-37-27-35(33-15-8-7-9-16-33)26-36(28-37)38-18-14-19-40-39-17-10-12-22-46(39)57-51(38)40/h5-31,53H,1H2,2-4H3/b21-6-. The summed E-state index contributed by atoms with van der Waals surface area (Å²) < 4.78 is 25.8. The van der Waals surface area contributed by atoms with Crippen molar-refractivity contribution in [2.24, 2.45) is 0 Å². The topological polar surface area (TPSA) is 52.9 Å². The van der Waals surface area contributed by atoms with Crippen molar-refractivity contribution in [3.05, 3.63) is 193 Å². The molecule has 276 valence electrons. The highest BCUT2D eigenvalue weighted by Gasteiger charge is 2.35. The molecule has 0 amide bonds. The maximum Gasteiger partial charge on any atom is 0.170 e. The van der Waals surface area contributed by atoms with Crippen LogP contribution in [0, 0.1) is 0 Å². The van der Waals surface area contributed by atoms with Gasteiger partial charge in [-0.2, -0.15) is 0 Å². The van der Waals surface area contributed by atoms with Crippen LogP contribution < -0.4 is 19.5 Å². The maximum atomic E-state index is 6.66. The Bertz CT molecular complexity index is 2970. The Hall–Kier alpha value is -7.24. The van der Waals surface area contributed by atoms with Gasteiger partial charge in [-0.25, -0.2) is 0 Å². The van der Waals surface area contributed by atoms with Gasteiger partial charge in [0, 0.05) is 49.8 Å². The molecule has 57 heavy (non-hydrogen) atoms. The Kier molecular flexibility index (Phi) is 8.12. The number of nitrogens with one attached hydrogen (secondary N) is 1. The van der Waals surface area contributed by atoms with Crippen molar-refractivity contribution in [3.8, 4) is 56.4 Å². The first-order chi connectivity index (χ1) is 27.8. The molecule has 0 unspecified atom stereocenters. The molecule has 7 aromatic carbocycles. The monoisotopic (exact) mass is 741 g/mol. The lowest BCUT2D eigenvalue weighted by Crippen LogP contribution is -2.24. The van der Waals surface area contributed by atoms with Crippen LogP contribution in [0.25, 0.3) is 55.3 Å². The lowest BCUT2D eigenvalue weighted by molar-refractivity contribution is 0.306. The lowest BCUT2D eigenvalue weighted by atomic mass is 9.75. The molecule has 0 atom stereocenters. The third-order valence-corrected chi connectivity index (χ3v) is 11.1. The lowest BCUT2D eigenvalue weighted by Gasteiger charge is -2.35. The van der Waals surface area contributed by atoms with Gasteiger partial charge < -0.3 is 23.9 Å². The van der Waals surface area contributed by atoms with Crippen molar-refractivity contribution in [2.75, 3.05) is 5.32 Å². The van der Waals surface area contributed by atoms with Crippen LogP contribution in [-0.2, 0) is 5.41 Å². The summed E-state index contributed by atoms with van der Waals surface area (Å²) in [5.74, 6) is 4.29. The van der Waals surface area contributed by atoms with Crippen molar-refractivity contribution in [1.29, 1.82) is 0 Å². The Morgan fingerprint density at radius 3 is 2.23 bits per heavy atom. The highest BCUT2D eigenvalue weighted by molar-refractivity contribution is 6.09. The fourth-order valence-electron chi connectivity index (χ4n) is 8.17. The van der Waals surface area contributed by atoms with E-state index in [1.54, 1.807) is 6.08 Å². The first kappa shape index (κ1) is 34.3. The van der Waals surface area contributed by atoms with Gasteiger partial charge in [0.25, 0.3) is 0 Å². The number of hydrogen-bond acceptors (Lipinski definition) is 5. The number of hydrogen-bond donors (Lipinski definition) is 1. The van der Waals surface area contributed by atoms with Crippen LogP contribution in [0.4, 0.5) is 11.4 Å². The first-order valence-corrected chi connectivity index (χ1v) is 19.2. The van der Waals surface area contributed by atoms with E-state index in [1.165, 1.54) is 0 Å². The summed E-state index contributed by atoms with van der Waals surface area (Å²) in [6, 6.07) is 50.6. The summed E-state index contributed by atoms with van der Waals surface area (Å²) in [6.07, 6.45) is 5.40. The molecule has 0 aliphatic carbocycles. The van der Waals surface area contributed by atoms with Crippen molar-refractivity contribution in [3.63, 3.8) is 0 Å². The summed E-state index contributed by atoms with van der Waals surface area (Å²) >= 11 is 0. The van der Waals surface area contributed by atoms with Crippen molar-refractivity contribution in [2.45, 2.75) is 26.2 Å². The minimum atomic E-state index is -0.322. The zero-order valence-electron chi connectivity index (χ0n) is 31.9. The van der Waals surface area contributed by atoms with Crippen LogP contribution in [0.15, 0.2) is 186 Å². The molecule has 3 heterocycles. The van der Waals surface area contributed by atoms with E-state index < -0.39 is 0 Å². The molecule has 1 N–H and O–H groups in total. The number of furan rings is 1. The number of para-hydroxylation sites is 3. The predicted octanol–water partition coefficient (Wildman–Crippen LogP) is 14.5. The molecule has 2 aliphatic heterocycles. The van der Waals surface area contributed by atoms with Crippen LogP contribution in [0.2, 0.25) is 0 Å². The van der Waals surface area contributed by atoms with Crippen LogP contribution in [0.3, 0.4) is 0 Å². The predicted molar refractivity (Wildman–Crippen MR) is 232 cm³/mol. The van der Waals surface area contributed by atoms with Crippen LogP contribution in [-0.4, -0.2) is 0 Å². The highest BCUT2D eigenvalue weighted by Crippen LogP contribution is 2.52. The van der Waals surface area contributed by atoms with Crippen LogP contribution in [0.1, 0.15) is 31.9 Å². The summed E-state index contributed by atoms with van der Waals surface area (Å²) in [7, 11) is 0. The number of ether oxygens (including phenoxy) is 3. The van der Waals surface area contributed by atoms with E-state index in [4.69, 9.17) is 18.6 Å². The largest absolute Gasteiger partial charge is 0.457 e. The number of anilines is 2. The molecule has 10 rings (SSSR count). The van der Waals surface area contributed by atoms with E-state index in [1.807, 2.05) is 61.5 Å². The molecule has 5 nitrogen and oxygen atoms in total. The smallest absolute Gasteiger partial charge is 0.170 e. The van der Waals surface area contributed by atoms with E-state index in [2.05, 4.69) is 129 Å². The minimum absolute atomic E-state index is 0.322. The highest BCUT2D eigenvalue weighted by atomic mass is 16.6. The number of allylic oxidation sites excluding steroid dienone is 4. The van der Waals surface area contributed by atoms with Gasteiger partial charge in [-0.3, -0.25) is 0 Å². The van der Waals surface area contributed by atoms with Crippen molar-refractivity contribution in [1.82, 2.24) is 0 Å². The van der Waals surface area contributed by atoms with Gasteiger partial charge in [-0.05, 0) is 89.9 Å². The Morgan fingerprint density at radius 2 is 1.35 bits per heavy atom. The van der Waals surface area contributed by atoms with Gasteiger partial charge in [0.05, 0.1) is 0 Å². The molecule has 0 fully saturated rings. The Labute approximate surface area is 331 Å².